The maximum atomic E-state index is 6.02. The second kappa shape index (κ2) is 7.91. The van der Waals surface area contributed by atoms with Crippen LogP contribution in [-0.4, -0.2) is 16.1 Å². The van der Waals surface area contributed by atoms with Crippen molar-refractivity contribution in [3.05, 3.63) is 0 Å². The molecular weight excluding hydrogens is 287 g/mol. The molecule has 2 heteroatoms. The summed E-state index contributed by atoms with van der Waals surface area (Å²) < 4.78 is 7.22. The maximum Gasteiger partial charge on any atom is 0.0602 e. The number of alkyl halides is 1. The zero-order valence-corrected chi connectivity index (χ0v) is 12.3. The predicted octanol–water partition coefficient (Wildman–Crippen LogP) is 4.58. The standard InChI is InChI=1S/C12H25IO/c1-5-6-7-8-11(9-10-13)14-12(2,3)4/h11H,5-10H2,1-4H3. The van der Waals surface area contributed by atoms with Crippen LogP contribution in [0, 0.1) is 0 Å². The highest BCUT2D eigenvalue weighted by atomic mass is 127. The lowest BCUT2D eigenvalue weighted by atomic mass is 10.1. The van der Waals surface area contributed by atoms with Gasteiger partial charge >= 0.3 is 0 Å². The molecule has 0 rings (SSSR count). The summed E-state index contributed by atoms with van der Waals surface area (Å²) in [5.41, 5.74) is 0.0166. The molecule has 0 aliphatic heterocycles. The molecule has 0 aromatic carbocycles. The molecule has 0 radical (unpaired) electrons. The fourth-order valence-corrected chi connectivity index (χ4v) is 2.20. The lowest BCUT2D eigenvalue weighted by molar-refractivity contribution is -0.0641. The van der Waals surface area contributed by atoms with Crippen LogP contribution in [0.15, 0.2) is 0 Å². The second-order valence-corrected chi connectivity index (χ2v) is 5.90. The smallest absolute Gasteiger partial charge is 0.0602 e. The molecule has 0 fully saturated rings. The van der Waals surface area contributed by atoms with Crippen molar-refractivity contribution < 1.29 is 4.74 Å². The molecule has 1 nitrogen and oxygen atoms in total. The number of ether oxygens (including phenoxy) is 1. The molecule has 1 atom stereocenters. The Hall–Kier alpha value is 0.690. The summed E-state index contributed by atoms with van der Waals surface area (Å²) in [6.45, 7) is 8.69. The number of hydrogen-bond acceptors (Lipinski definition) is 1. The molecule has 0 amide bonds. The third-order valence-corrected chi connectivity index (χ3v) is 2.70. The average Bonchev–Trinajstić information content (AvgIpc) is 2.02. The third-order valence-electron chi connectivity index (χ3n) is 2.08. The van der Waals surface area contributed by atoms with Gasteiger partial charge in [-0.05, 0) is 33.6 Å². The van der Waals surface area contributed by atoms with Crippen molar-refractivity contribution in [1.29, 1.82) is 0 Å². The lowest BCUT2D eigenvalue weighted by Gasteiger charge is -2.27. The highest BCUT2D eigenvalue weighted by Crippen LogP contribution is 2.18. The maximum absolute atomic E-state index is 6.02. The van der Waals surface area contributed by atoms with E-state index in [2.05, 4.69) is 50.3 Å². The largest absolute Gasteiger partial charge is 0.373 e. The zero-order chi connectivity index (χ0) is 11.0. The van der Waals surface area contributed by atoms with Gasteiger partial charge in [-0.25, -0.2) is 0 Å². The van der Waals surface area contributed by atoms with Crippen molar-refractivity contribution >= 4 is 22.6 Å². The van der Waals surface area contributed by atoms with Crippen LogP contribution in [0.5, 0.6) is 0 Å². The first kappa shape index (κ1) is 14.7. The van der Waals surface area contributed by atoms with E-state index in [9.17, 15) is 0 Å². The van der Waals surface area contributed by atoms with Crippen molar-refractivity contribution in [1.82, 2.24) is 0 Å². The van der Waals surface area contributed by atoms with Gasteiger partial charge in [0.15, 0.2) is 0 Å². The Morgan fingerprint density at radius 1 is 1.14 bits per heavy atom. The van der Waals surface area contributed by atoms with E-state index in [0.717, 1.165) is 0 Å². The summed E-state index contributed by atoms with van der Waals surface area (Å²) >= 11 is 2.44. The predicted molar refractivity (Wildman–Crippen MR) is 72.3 cm³/mol. The molecule has 0 bridgehead atoms. The Labute approximate surface area is 103 Å². The van der Waals surface area contributed by atoms with Gasteiger partial charge in [-0.15, -0.1) is 0 Å². The Bertz CT molecular complexity index is 129. The first-order valence-electron chi connectivity index (χ1n) is 5.73. The summed E-state index contributed by atoms with van der Waals surface area (Å²) in [5, 5.41) is 0. The van der Waals surface area contributed by atoms with Gasteiger partial charge in [0.2, 0.25) is 0 Å². The van der Waals surface area contributed by atoms with Crippen LogP contribution in [0.2, 0.25) is 0 Å². The van der Waals surface area contributed by atoms with Gasteiger partial charge in [0.1, 0.15) is 0 Å². The normalized spacial score (nSPS) is 14.4. The van der Waals surface area contributed by atoms with Crippen molar-refractivity contribution in [3.8, 4) is 0 Å². The summed E-state index contributed by atoms with van der Waals surface area (Å²) in [5.74, 6) is 0. The molecule has 0 N–H and O–H groups in total. The van der Waals surface area contributed by atoms with E-state index >= 15 is 0 Å². The van der Waals surface area contributed by atoms with E-state index < -0.39 is 0 Å². The molecule has 0 aliphatic carbocycles. The van der Waals surface area contributed by atoms with Crippen LogP contribution >= 0.6 is 22.6 Å². The lowest BCUT2D eigenvalue weighted by Crippen LogP contribution is -2.27. The van der Waals surface area contributed by atoms with E-state index in [1.807, 2.05) is 0 Å². The minimum absolute atomic E-state index is 0.0166. The van der Waals surface area contributed by atoms with Crippen molar-refractivity contribution in [2.45, 2.75) is 71.5 Å². The van der Waals surface area contributed by atoms with E-state index in [4.69, 9.17) is 4.74 Å². The van der Waals surface area contributed by atoms with Crippen molar-refractivity contribution in [2.24, 2.45) is 0 Å². The van der Waals surface area contributed by atoms with Crippen molar-refractivity contribution in [2.75, 3.05) is 4.43 Å². The van der Waals surface area contributed by atoms with E-state index in [1.54, 1.807) is 0 Å². The van der Waals surface area contributed by atoms with Crippen LogP contribution in [0.1, 0.15) is 59.8 Å². The Kier molecular flexibility index (Phi) is 8.30. The highest BCUT2D eigenvalue weighted by molar-refractivity contribution is 14.1. The van der Waals surface area contributed by atoms with E-state index in [0.29, 0.717) is 6.10 Å². The number of unbranched alkanes of at least 4 members (excludes halogenated alkanes) is 2. The fourth-order valence-electron chi connectivity index (χ4n) is 1.51. The highest BCUT2D eigenvalue weighted by Gasteiger charge is 2.17. The van der Waals surface area contributed by atoms with E-state index in [1.165, 1.54) is 36.5 Å². The second-order valence-electron chi connectivity index (χ2n) is 4.83. The van der Waals surface area contributed by atoms with Crippen LogP contribution in [0.25, 0.3) is 0 Å². The minimum atomic E-state index is 0.0166. The molecule has 0 aromatic heterocycles. The molecule has 1 unspecified atom stereocenters. The molecule has 0 saturated carbocycles. The first-order chi connectivity index (χ1) is 6.49. The van der Waals surface area contributed by atoms with Gasteiger partial charge < -0.3 is 4.74 Å². The number of hydrogen-bond donors (Lipinski definition) is 0. The quantitative estimate of drug-likeness (QED) is 0.380. The Morgan fingerprint density at radius 3 is 2.21 bits per heavy atom. The minimum Gasteiger partial charge on any atom is -0.373 e. The van der Waals surface area contributed by atoms with Crippen molar-refractivity contribution in [3.63, 3.8) is 0 Å². The Morgan fingerprint density at radius 2 is 1.79 bits per heavy atom. The summed E-state index contributed by atoms with van der Waals surface area (Å²) in [4.78, 5) is 0. The van der Waals surface area contributed by atoms with Gasteiger partial charge in [-0.3, -0.25) is 0 Å². The van der Waals surface area contributed by atoms with E-state index in [-0.39, 0.29) is 5.60 Å². The molecule has 0 saturated heterocycles. The van der Waals surface area contributed by atoms with Crippen LogP contribution in [0.4, 0.5) is 0 Å². The molecular formula is C12H25IO. The van der Waals surface area contributed by atoms with Gasteiger partial charge in [0, 0.05) is 4.43 Å². The molecule has 0 aliphatic rings. The third kappa shape index (κ3) is 9.25. The SMILES string of the molecule is CCCCCC(CCI)OC(C)(C)C. The summed E-state index contributed by atoms with van der Waals surface area (Å²) in [6.07, 6.45) is 6.85. The Balaban J connectivity index is 3.77. The summed E-state index contributed by atoms with van der Waals surface area (Å²) in [7, 11) is 0. The zero-order valence-electron chi connectivity index (χ0n) is 10.1. The topological polar surface area (TPSA) is 9.23 Å². The van der Waals surface area contributed by atoms with Gasteiger partial charge in [0.05, 0.1) is 11.7 Å². The monoisotopic (exact) mass is 312 g/mol. The first-order valence-corrected chi connectivity index (χ1v) is 7.26. The van der Waals surface area contributed by atoms with Crippen LogP contribution in [0.3, 0.4) is 0 Å². The summed E-state index contributed by atoms with van der Waals surface area (Å²) in [6, 6.07) is 0. The van der Waals surface area contributed by atoms with Gasteiger partial charge in [-0.2, -0.15) is 0 Å². The molecule has 0 spiro atoms. The van der Waals surface area contributed by atoms with Crippen LogP contribution in [-0.2, 0) is 4.74 Å². The molecule has 0 aromatic rings. The molecule has 86 valence electrons. The molecule has 0 heterocycles. The fraction of sp³-hybridized carbons (Fsp3) is 1.00. The van der Waals surface area contributed by atoms with Gasteiger partial charge in [0.25, 0.3) is 0 Å². The average molecular weight is 312 g/mol. The van der Waals surface area contributed by atoms with Gasteiger partial charge in [-0.1, -0.05) is 48.8 Å². The van der Waals surface area contributed by atoms with Crippen LogP contribution < -0.4 is 0 Å². The number of rotatable bonds is 7. The molecule has 14 heavy (non-hydrogen) atoms. The number of halogens is 1.